The van der Waals surface area contributed by atoms with Crippen molar-refractivity contribution in [1.82, 2.24) is 0 Å². The molecule has 2 rings (SSSR count). The van der Waals surface area contributed by atoms with Crippen molar-refractivity contribution in [2.75, 3.05) is 38.3 Å². The summed E-state index contributed by atoms with van der Waals surface area (Å²) in [5.41, 5.74) is 1.10. The van der Waals surface area contributed by atoms with E-state index < -0.39 is 0 Å². The van der Waals surface area contributed by atoms with Crippen LogP contribution in [0.25, 0.3) is 0 Å². The van der Waals surface area contributed by atoms with Gasteiger partial charge in [0, 0.05) is 24.8 Å². The molecule has 0 aromatic heterocycles. The first kappa shape index (κ1) is 11.0. The summed E-state index contributed by atoms with van der Waals surface area (Å²) in [6.45, 7) is 3.31. The molecule has 0 amide bonds. The van der Waals surface area contributed by atoms with Gasteiger partial charge in [-0.1, -0.05) is 0 Å². The molecule has 88 valence electrons. The molecule has 5 nitrogen and oxygen atoms in total. The maximum absolute atomic E-state index is 5.31. The molecule has 1 aliphatic heterocycles. The Hall–Kier alpha value is -1.46. The van der Waals surface area contributed by atoms with E-state index in [9.17, 15) is 0 Å². The van der Waals surface area contributed by atoms with Crippen LogP contribution in [0.2, 0.25) is 0 Å². The lowest BCUT2D eigenvalue weighted by molar-refractivity contribution is 0.122. The van der Waals surface area contributed by atoms with Crippen LogP contribution in [-0.2, 0) is 4.74 Å². The average molecular weight is 224 g/mol. The first-order valence-corrected chi connectivity index (χ1v) is 5.22. The number of nitrogens with two attached hydrogens (primary N) is 1. The number of nitrogens with zero attached hydrogens (tertiary/aromatic N) is 1. The summed E-state index contributed by atoms with van der Waals surface area (Å²) in [5, 5.41) is 0. The maximum atomic E-state index is 5.31. The average Bonchev–Trinajstić information content (AvgIpc) is 2.39. The fourth-order valence-corrected chi connectivity index (χ4v) is 1.77. The third-order valence-electron chi connectivity index (χ3n) is 2.65. The van der Waals surface area contributed by atoms with E-state index in [0.717, 1.165) is 32.0 Å². The highest BCUT2D eigenvalue weighted by Crippen LogP contribution is 2.31. The van der Waals surface area contributed by atoms with Gasteiger partial charge in [0.15, 0.2) is 11.5 Å². The molecule has 0 aliphatic carbocycles. The lowest BCUT2D eigenvalue weighted by atomic mass is 10.2. The highest BCUT2D eigenvalue weighted by molar-refractivity contribution is 5.56. The number of hydrogen-bond donors (Lipinski definition) is 1. The van der Waals surface area contributed by atoms with Crippen LogP contribution in [0.4, 0.5) is 5.69 Å². The van der Waals surface area contributed by atoms with E-state index in [-0.39, 0.29) is 0 Å². The molecular weight excluding hydrogens is 208 g/mol. The molecule has 0 radical (unpaired) electrons. The van der Waals surface area contributed by atoms with Gasteiger partial charge in [-0.15, -0.1) is 0 Å². The van der Waals surface area contributed by atoms with Crippen LogP contribution in [0, 0.1) is 0 Å². The summed E-state index contributed by atoms with van der Waals surface area (Å²) in [7, 11) is 1.60. The predicted octanol–water partition coefficient (Wildman–Crippen LogP) is 0.784. The molecule has 1 aliphatic rings. The van der Waals surface area contributed by atoms with Gasteiger partial charge in [-0.2, -0.15) is 5.90 Å². The molecule has 1 heterocycles. The Morgan fingerprint density at radius 2 is 2.00 bits per heavy atom. The van der Waals surface area contributed by atoms with Crippen molar-refractivity contribution in [3.8, 4) is 11.5 Å². The van der Waals surface area contributed by atoms with Crippen LogP contribution < -0.4 is 20.4 Å². The minimum absolute atomic E-state index is 0.541. The Morgan fingerprint density at radius 1 is 1.25 bits per heavy atom. The summed E-state index contributed by atoms with van der Waals surface area (Å²) in [6, 6.07) is 5.70. The van der Waals surface area contributed by atoms with E-state index in [1.807, 2.05) is 18.2 Å². The molecule has 16 heavy (non-hydrogen) atoms. The Bertz CT molecular complexity index is 351. The lowest BCUT2D eigenvalue weighted by Crippen LogP contribution is -2.36. The highest BCUT2D eigenvalue weighted by atomic mass is 16.6. The van der Waals surface area contributed by atoms with Gasteiger partial charge in [-0.25, -0.2) is 0 Å². The summed E-state index contributed by atoms with van der Waals surface area (Å²) < 4.78 is 10.5. The van der Waals surface area contributed by atoms with Crippen molar-refractivity contribution in [3.05, 3.63) is 18.2 Å². The van der Waals surface area contributed by atoms with Gasteiger partial charge in [0.1, 0.15) is 0 Å². The maximum Gasteiger partial charge on any atom is 0.188 e. The second-order valence-electron chi connectivity index (χ2n) is 3.55. The topological polar surface area (TPSA) is 57.0 Å². The van der Waals surface area contributed by atoms with Crippen LogP contribution >= 0.6 is 0 Å². The highest BCUT2D eigenvalue weighted by Gasteiger charge is 2.13. The minimum atomic E-state index is 0.541. The molecule has 2 N–H and O–H groups in total. The molecule has 5 heteroatoms. The molecule has 0 unspecified atom stereocenters. The van der Waals surface area contributed by atoms with E-state index in [1.165, 1.54) is 0 Å². The smallest absolute Gasteiger partial charge is 0.188 e. The normalized spacial score (nSPS) is 16.0. The van der Waals surface area contributed by atoms with E-state index in [2.05, 4.69) is 4.90 Å². The second-order valence-corrected chi connectivity index (χ2v) is 3.55. The summed E-state index contributed by atoms with van der Waals surface area (Å²) in [6.07, 6.45) is 0. The number of hydrogen-bond acceptors (Lipinski definition) is 5. The van der Waals surface area contributed by atoms with Crippen molar-refractivity contribution >= 4 is 5.69 Å². The van der Waals surface area contributed by atoms with Crippen LogP contribution in [0.3, 0.4) is 0 Å². The molecule has 0 spiro atoms. The molecule has 1 aromatic carbocycles. The minimum Gasteiger partial charge on any atom is -0.493 e. The Morgan fingerprint density at radius 3 is 2.62 bits per heavy atom. The Kier molecular flexibility index (Phi) is 3.48. The largest absolute Gasteiger partial charge is 0.493 e. The standard InChI is InChI=1S/C11H16N2O3/c1-14-11-8-9(2-3-10(11)16-12)13-4-6-15-7-5-13/h2-3,8H,4-7,12H2,1H3. The van der Waals surface area contributed by atoms with Gasteiger partial charge >= 0.3 is 0 Å². The number of ether oxygens (including phenoxy) is 2. The summed E-state index contributed by atoms with van der Waals surface area (Å²) in [5.74, 6) is 6.33. The van der Waals surface area contributed by atoms with Crippen molar-refractivity contribution in [3.63, 3.8) is 0 Å². The summed E-state index contributed by atoms with van der Waals surface area (Å²) in [4.78, 5) is 6.95. The number of methoxy groups -OCH3 is 1. The fraction of sp³-hybridized carbons (Fsp3) is 0.455. The first-order chi connectivity index (χ1) is 7.85. The third-order valence-corrected chi connectivity index (χ3v) is 2.65. The van der Waals surface area contributed by atoms with Crippen molar-refractivity contribution < 1.29 is 14.3 Å². The van der Waals surface area contributed by atoms with Gasteiger partial charge in [0.05, 0.1) is 20.3 Å². The molecule has 1 fully saturated rings. The lowest BCUT2D eigenvalue weighted by Gasteiger charge is -2.29. The first-order valence-electron chi connectivity index (χ1n) is 5.22. The van der Waals surface area contributed by atoms with Crippen molar-refractivity contribution in [1.29, 1.82) is 0 Å². The monoisotopic (exact) mass is 224 g/mol. The van der Waals surface area contributed by atoms with Gasteiger partial charge in [0.2, 0.25) is 0 Å². The molecule has 1 saturated heterocycles. The zero-order valence-electron chi connectivity index (χ0n) is 9.31. The number of benzene rings is 1. The zero-order valence-corrected chi connectivity index (χ0v) is 9.31. The van der Waals surface area contributed by atoms with E-state index in [0.29, 0.717) is 11.5 Å². The SMILES string of the molecule is COc1cc(N2CCOCC2)ccc1ON. The zero-order chi connectivity index (χ0) is 11.4. The van der Waals surface area contributed by atoms with E-state index in [1.54, 1.807) is 7.11 Å². The fourth-order valence-electron chi connectivity index (χ4n) is 1.77. The second kappa shape index (κ2) is 5.05. The van der Waals surface area contributed by atoms with Crippen LogP contribution in [-0.4, -0.2) is 33.4 Å². The Balaban J connectivity index is 2.20. The van der Waals surface area contributed by atoms with Crippen molar-refractivity contribution in [2.45, 2.75) is 0 Å². The van der Waals surface area contributed by atoms with Gasteiger partial charge in [-0.3, -0.25) is 0 Å². The van der Waals surface area contributed by atoms with Crippen LogP contribution in [0.1, 0.15) is 0 Å². The van der Waals surface area contributed by atoms with Gasteiger partial charge in [-0.05, 0) is 12.1 Å². The molecule has 1 aromatic rings. The molecular formula is C11H16N2O3. The van der Waals surface area contributed by atoms with Crippen molar-refractivity contribution in [2.24, 2.45) is 5.90 Å². The third kappa shape index (κ3) is 2.20. The van der Waals surface area contributed by atoms with Gasteiger partial charge in [0.25, 0.3) is 0 Å². The number of morpholine rings is 1. The predicted molar refractivity (Wildman–Crippen MR) is 60.8 cm³/mol. The number of rotatable bonds is 3. The summed E-state index contributed by atoms with van der Waals surface area (Å²) >= 11 is 0. The van der Waals surface area contributed by atoms with Crippen LogP contribution in [0.15, 0.2) is 18.2 Å². The molecule has 0 atom stereocenters. The quantitative estimate of drug-likeness (QED) is 0.769. The Labute approximate surface area is 94.6 Å². The van der Waals surface area contributed by atoms with Gasteiger partial charge < -0.3 is 19.2 Å². The van der Waals surface area contributed by atoms with E-state index in [4.69, 9.17) is 20.2 Å². The van der Waals surface area contributed by atoms with E-state index >= 15 is 0 Å². The molecule has 0 saturated carbocycles. The number of anilines is 1. The van der Waals surface area contributed by atoms with Crippen LogP contribution in [0.5, 0.6) is 11.5 Å². The molecule has 0 bridgehead atoms.